The molecule has 0 spiro atoms. The molecule has 1 atom stereocenters. The maximum atomic E-state index is 6.31. The summed E-state index contributed by atoms with van der Waals surface area (Å²) in [4.78, 5) is 3.58. The van der Waals surface area contributed by atoms with E-state index in [1.165, 1.54) is 33.3 Å². The number of halogens is 1. The highest BCUT2D eigenvalue weighted by Crippen LogP contribution is 2.42. The van der Waals surface area contributed by atoms with Crippen molar-refractivity contribution < 1.29 is 0 Å². The predicted molar refractivity (Wildman–Crippen MR) is 86.7 cm³/mol. The molecule has 0 bridgehead atoms. The molecule has 0 saturated heterocycles. The van der Waals surface area contributed by atoms with E-state index in [9.17, 15) is 0 Å². The number of aromatic amines is 1. The van der Waals surface area contributed by atoms with E-state index in [0.717, 1.165) is 17.3 Å². The molecule has 20 heavy (non-hydrogen) atoms. The van der Waals surface area contributed by atoms with Gasteiger partial charge in [-0.15, -0.1) is 0 Å². The molecule has 3 N–H and O–H groups in total. The molecule has 2 nitrogen and oxygen atoms in total. The smallest absolute Gasteiger partial charge is 0.0497 e. The van der Waals surface area contributed by atoms with E-state index in [2.05, 4.69) is 63.4 Å². The second-order valence-electron chi connectivity index (χ2n) is 5.37. The van der Waals surface area contributed by atoms with Crippen LogP contribution < -0.4 is 5.73 Å². The number of nitrogens with one attached hydrogen (secondary N) is 1. The molecular formula is C17H15BrN2. The Hall–Kier alpha value is -1.58. The fourth-order valence-electron chi connectivity index (χ4n) is 3.27. The summed E-state index contributed by atoms with van der Waals surface area (Å²) in [6.45, 7) is 0. The molecule has 0 amide bonds. The summed E-state index contributed by atoms with van der Waals surface area (Å²) in [5, 5.41) is 1.32. The molecule has 0 fully saturated rings. The Balaban J connectivity index is 2.08. The zero-order valence-electron chi connectivity index (χ0n) is 11.0. The van der Waals surface area contributed by atoms with Crippen molar-refractivity contribution in [3.8, 4) is 11.3 Å². The summed E-state index contributed by atoms with van der Waals surface area (Å²) < 4.78 is 1.12. The van der Waals surface area contributed by atoms with Crippen LogP contribution in [0.15, 0.2) is 46.9 Å². The molecule has 1 aliphatic rings. The number of aromatic nitrogens is 1. The normalized spacial score (nSPS) is 17.6. The van der Waals surface area contributed by atoms with Crippen LogP contribution in [0.5, 0.6) is 0 Å². The van der Waals surface area contributed by atoms with Crippen LogP contribution in [0.1, 0.15) is 23.6 Å². The quantitative estimate of drug-likeness (QED) is 0.677. The van der Waals surface area contributed by atoms with Gasteiger partial charge in [-0.05, 0) is 41.7 Å². The lowest BCUT2D eigenvalue weighted by Gasteiger charge is -2.21. The topological polar surface area (TPSA) is 41.8 Å². The average Bonchev–Trinajstić information content (AvgIpc) is 2.85. The number of H-pyrrole nitrogens is 1. The molecule has 1 aromatic heterocycles. The van der Waals surface area contributed by atoms with Gasteiger partial charge >= 0.3 is 0 Å². The molecule has 2 aromatic carbocycles. The standard InChI is InChI=1S/C17H15BrN2/c18-12-7-9-14-15-11(6-8-13(19)16(12)15)17(20-14)10-4-2-1-3-5-10/h1-5,7,9,13,20H,6,8,19H2. The molecular weight excluding hydrogens is 312 g/mol. The summed E-state index contributed by atoms with van der Waals surface area (Å²) in [7, 11) is 0. The monoisotopic (exact) mass is 326 g/mol. The summed E-state index contributed by atoms with van der Waals surface area (Å²) in [5.74, 6) is 0. The fourth-order valence-corrected chi connectivity index (χ4v) is 3.89. The Labute approximate surface area is 126 Å². The van der Waals surface area contributed by atoms with Gasteiger partial charge < -0.3 is 10.7 Å². The predicted octanol–water partition coefficient (Wildman–Crippen LogP) is 4.54. The van der Waals surface area contributed by atoms with E-state index in [0.29, 0.717) is 0 Å². The summed E-state index contributed by atoms with van der Waals surface area (Å²) in [6, 6.07) is 14.9. The Bertz CT molecular complexity index is 790. The van der Waals surface area contributed by atoms with Crippen LogP contribution in [-0.2, 0) is 6.42 Å². The first-order valence-electron chi connectivity index (χ1n) is 6.89. The lowest BCUT2D eigenvalue weighted by Crippen LogP contribution is -2.16. The van der Waals surface area contributed by atoms with Gasteiger partial charge in [0.05, 0.1) is 0 Å². The summed E-state index contributed by atoms with van der Waals surface area (Å²) in [6.07, 6.45) is 2.04. The van der Waals surface area contributed by atoms with E-state index >= 15 is 0 Å². The zero-order chi connectivity index (χ0) is 13.7. The second kappa shape index (κ2) is 4.47. The molecule has 3 heteroatoms. The van der Waals surface area contributed by atoms with Crippen molar-refractivity contribution in [2.75, 3.05) is 0 Å². The highest BCUT2D eigenvalue weighted by molar-refractivity contribution is 9.10. The van der Waals surface area contributed by atoms with Gasteiger partial charge in [0.2, 0.25) is 0 Å². The van der Waals surface area contributed by atoms with Crippen LogP contribution in [-0.4, -0.2) is 4.98 Å². The molecule has 0 saturated carbocycles. The van der Waals surface area contributed by atoms with Gasteiger partial charge in [0.1, 0.15) is 0 Å². The zero-order valence-corrected chi connectivity index (χ0v) is 12.6. The summed E-state index contributed by atoms with van der Waals surface area (Å²) in [5.41, 5.74) is 12.6. The van der Waals surface area contributed by atoms with Gasteiger partial charge in [-0.25, -0.2) is 0 Å². The molecule has 1 unspecified atom stereocenters. The van der Waals surface area contributed by atoms with E-state index < -0.39 is 0 Å². The minimum absolute atomic E-state index is 0.125. The average molecular weight is 327 g/mol. The van der Waals surface area contributed by atoms with Crippen LogP contribution in [0.2, 0.25) is 0 Å². The number of nitrogens with two attached hydrogens (primary N) is 1. The number of hydrogen-bond acceptors (Lipinski definition) is 1. The van der Waals surface area contributed by atoms with E-state index in [1.54, 1.807) is 0 Å². The van der Waals surface area contributed by atoms with Crippen molar-refractivity contribution in [2.45, 2.75) is 18.9 Å². The van der Waals surface area contributed by atoms with E-state index in [4.69, 9.17) is 5.73 Å². The van der Waals surface area contributed by atoms with Crippen LogP contribution >= 0.6 is 15.9 Å². The molecule has 3 aromatic rings. The highest BCUT2D eigenvalue weighted by atomic mass is 79.9. The van der Waals surface area contributed by atoms with Gasteiger partial charge in [0, 0.05) is 27.1 Å². The molecule has 4 rings (SSSR count). The Morgan fingerprint density at radius 2 is 1.90 bits per heavy atom. The lowest BCUT2D eigenvalue weighted by atomic mass is 9.87. The van der Waals surface area contributed by atoms with Gasteiger partial charge in [-0.3, -0.25) is 0 Å². The molecule has 1 heterocycles. The first-order chi connectivity index (χ1) is 9.75. The summed E-state index contributed by atoms with van der Waals surface area (Å²) >= 11 is 3.66. The third-order valence-electron chi connectivity index (χ3n) is 4.19. The number of rotatable bonds is 1. The SMILES string of the molecule is NC1CCc2c(-c3ccccc3)[nH]c3ccc(Br)c1c23. The van der Waals surface area contributed by atoms with Gasteiger partial charge in [0.15, 0.2) is 0 Å². The van der Waals surface area contributed by atoms with Crippen molar-refractivity contribution >= 4 is 26.8 Å². The van der Waals surface area contributed by atoms with Crippen molar-refractivity contribution in [2.24, 2.45) is 5.73 Å². The Kier molecular flexibility index (Phi) is 2.72. The minimum Gasteiger partial charge on any atom is -0.354 e. The van der Waals surface area contributed by atoms with Crippen LogP contribution in [0.25, 0.3) is 22.2 Å². The van der Waals surface area contributed by atoms with Crippen LogP contribution in [0.4, 0.5) is 0 Å². The minimum atomic E-state index is 0.125. The Morgan fingerprint density at radius 1 is 1.10 bits per heavy atom. The number of hydrogen-bond donors (Lipinski definition) is 2. The highest BCUT2D eigenvalue weighted by Gasteiger charge is 2.25. The van der Waals surface area contributed by atoms with Crippen molar-refractivity contribution in [1.29, 1.82) is 0 Å². The second-order valence-corrected chi connectivity index (χ2v) is 6.23. The lowest BCUT2D eigenvalue weighted by molar-refractivity contribution is 0.642. The maximum Gasteiger partial charge on any atom is 0.0497 e. The maximum absolute atomic E-state index is 6.31. The van der Waals surface area contributed by atoms with Crippen molar-refractivity contribution in [3.05, 3.63) is 58.1 Å². The number of aryl methyl sites for hydroxylation is 1. The van der Waals surface area contributed by atoms with E-state index in [1.807, 2.05) is 0 Å². The van der Waals surface area contributed by atoms with Crippen molar-refractivity contribution in [1.82, 2.24) is 4.98 Å². The van der Waals surface area contributed by atoms with Crippen LogP contribution in [0.3, 0.4) is 0 Å². The van der Waals surface area contributed by atoms with E-state index in [-0.39, 0.29) is 6.04 Å². The van der Waals surface area contributed by atoms with Crippen molar-refractivity contribution in [3.63, 3.8) is 0 Å². The van der Waals surface area contributed by atoms with Gasteiger partial charge in [-0.2, -0.15) is 0 Å². The Morgan fingerprint density at radius 3 is 2.70 bits per heavy atom. The fraction of sp³-hybridized carbons (Fsp3) is 0.176. The van der Waals surface area contributed by atoms with Crippen LogP contribution in [0, 0.1) is 0 Å². The molecule has 1 aliphatic carbocycles. The number of benzene rings is 2. The van der Waals surface area contributed by atoms with Gasteiger partial charge in [-0.1, -0.05) is 46.3 Å². The van der Waals surface area contributed by atoms with Gasteiger partial charge in [0.25, 0.3) is 0 Å². The molecule has 0 radical (unpaired) electrons. The first kappa shape index (κ1) is 12.2. The third kappa shape index (κ3) is 1.67. The molecule has 0 aliphatic heterocycles. The third-order valence-corrected chi connectivity index (χ3v) is 4.89. The molecule has 100 valence electrons. The largest absolute Gasteiger partial charge is 0.354 e. The first-order valence-corrected chi connectivity index (χ1v) is 7.69.